The zero-order chi connectivity index (χ0) is 16.9. The Bertz CT molecular complexity index is 873. The molecule has 1 N–H and O–H groups in total. The van der Waals surface area contributed by atoms with Crippen molar-refractivity contribution in [2.45, 2.75) is 6.54 Å². The largest absolute Gasteiger partial charge is 0.508 e. The number of hydrogen-bond acceptors (Lipinski definition) is 5. The van der Waals surface area contributed by atoms with Crippen molar-refractivity contribution in [3.8, 4) is 11.5 Å². The molecule has 0 bridgehead atoms. The number of phenols is 1. The third-order valence-electron chi connectivity index (χ3n) is 3.74. The second-order valence-electron chi connectivity index (χ2n) is 5.67. The van der Waals surface area contributed by atoms with Gasteiger partial charge < -0.3 is 14.3 Å². The van der Waals surface area contributed by atoms with Crippen LogP contribution >= 0.6 is 0 Å². The van der Waals surface area contributed by atoms with Crippen LogP contribution in [0.2, 0.25) is 0 Å². The minimum Gasteiger partial charge on any atom is -0.508 e. The lowest BCUT2D eigenvalue weighted by molar-refractivity contribution is 0.233. The smallest absolute Gasteiger partial charge is 0.336 e. The quantitative estimate of drug-likeness (QED) is 0.706. The van der Waals surface area contributed by atoms with Gasteiger partial charge in [0.05, 0.1) is 0 Å². The van der Waals surface area contributed by atoms with E-state index < -0.39 is 5.63 Å². The summed E-state index contributed by atoms with van der Waals surface area (Å²) >= 11 is 0. The predicted molar refractivity (Wildman–Crippen MR) is 92.4 cm³/mol. The van der Waals surface area contributed by atoms with Crippen molar-refractivity contribution in [3.05, 3.63) is 70.6 Å². The van der Waals surface area contributed by atoms with Crippen LogP contribution in [0.15, 0.2) is 63.8 Å². The lowest BCUT2D eigenvalue weighted by atomic mass is 10.1. The molecule has 0 saturated carbocycles. The van der Waals surface area contributed by atoms with Crippen molar-refractivity contribution in [2.24, 2.45) is 0 Å². The molecule has 1 heterocycles. The molecule has 5 heteroatoms. The molecular formula is C19H19NO4. The Kier molecular flexibility index (Phi) is 4.82. The molecule has 0 saturated heterocycles. The fourth-order valence-electron chi connectivity index (χ4n) is 2.56. The lowest BCUT2D eigenvalue weighted by Crippen LogP contribution is -2.24. The molecular weight excluding hydrogens is 306 g/mol. The second kappa shape index (κ2) is 7.19. The number of likely N-dealkylation sites (N-methyl/N-ethyl adjacent to an activating group) is 1. The van der Waals surface area contributed by atoms with Crippen LogP contribution in [-0.4, -0.2) is 30.2 Å². The highest BCUT2D eigenvalue weighted by Crippen LogP contribution is 2.22. The molecule has 0 radical (unpaired) electrons. The molecule has 0 aliphatic rings. The number of benzene rings is 2. The highest BCUT2D eigenvalue weighted by Gasteiger charge is 2.09. The van der Waals surface area contributed by atoms with E-state index in [0.29, 0.717) is 25.3 Å². The van der Waals surface area contributed by atoms with Crippen molar-refractivity contribution in [3.63, 3.8) is 0 Å². The fraction of sp³-hybridized carbons (Fsp3) is 0.211. The number of hydrogen-bond donors (Lipinski definition) is 1. The first-order chi connectivity index (χ1) is 11.6. The van der Waals surface area contributed by atoms with Gasteiger partial charge in [-0.2, -0.15) is 0 Å². The van der Waals surface area contributed by atoms with Gasteiger partial charge in [0.1, 0.15) is 23.7 Å². The van der Waals surface area contributed by atoms with Gasteiger partial charge in [0.25, 0.3) is 0 Å². The maximum Gasteiger partial charge on any atom is 0.336 e. The standard InChI is InChI=1S/C19H19NO4/c1-20(9-10-23-16-5-3-2-4-6-16)13-14-11-19(22)24-18-12-15(21)7-8-17(14)18/h2-8,11-12,21H,9-10,13H2,1H3. The van der Waals surface area contributed by atoms with Gasteiger partial charge in [0, 0.05) is 30.6 Å². The van der Waals surface area contributed by atoms with E-state index in [-0.39, 0.29) is 5.75 Å². The number of rotatable bonds is 6. The van der Waals surface area contributed by atoms with E-state index in [1.807, 2.05) is 37.4 Å². The lowest BCUT2D eigenvalue weighted by Gasteiger charge is -2.17. The summed E-state index contributed by atoms with van der Waals surface area (Å²) < 4.78 is 10.8. The SMILES string of the molecule is CN(CCOc1ccccc1)Cc1cc(=O)oc2cc(O)ccc12. The van der Waals surface area contributed by atoms with Crippen LogP contribution in [-0.2, 0) is 6.54 Å². The van der Waals surface area contributed by atoms with Gasteiger partial charge in [0.2, 0.25) is 0 Å². The summed E-state index contributed by atoms with van der Waals surface area (Å²) in [6, 6.07) is 16.0. The third kappa shape index (κ3) is 3.94. The number of ether oxygens (including phenoxy) is 1. The highest BCUT2D eigenvalue weighted by molar-refractivity contribution is 5.81. The molecule has 3 rings (SSSR count). The topological polar surface area (TPSA) is 62.9 Å². The molecule has 0 aliphatic carbocycles. The molecule has 0 spiro atoms. The third-order valence-corrected chi connectivity index (χ3v) is 3.74. The van der Waals surface area contributed by atoms with Crippen LogP contribution in [0, 0.1) is 0 Å². The second-order valence-corrected chi connectivity index (χ2v) is 5.67. The molecule has 0 fully saturated rings. The highest BCUT2D eigenvalue weighted by atomic mass is 16.5. The average Bonchev–Trinajstić information content (AvgIpc) is 2.55. The van der Waals surface area contributed by atoms with Gasteiger partial charge in [0.15, 0.2) is 0 Å². The van der Waals surface area contributed by atoms with Crippen molar-refractivity contribution in [2.75, 3.05) is 20.2 Å². The minimum absolute atomic E-state index is 0.0763. The van der Waals surface area contributed by atoms with Gasteiger partial charge in [-0.1, -0.05) is 18.2 Å². The van der Waals surface area contributed by atoms with Crippen LogP contribution in [0.3, 0.4) is 0 Å². The summed E-state index contributed by atoms with van der Waals surface area (Å²) in [5.41, 5.74) is 0.840. The van der Waals surface area contributed by atoms with Crippen molar-refractivity contribution in [1.82, 2.24) is 4.90 Å². The Hall–Kier alpha value is -2.79. The summed E-state index contributed by atoms with van der Waals surface area (Å²) in [4.78, 5) is 13.8. The first kappa shape index (κ1) is 16.1. The Morgan fingerprint density at radius 3 is 2.71 bits per heavy atom. The number of aromatic hydroxyl groups is 1. The summed E-state index contributed by atoms with van der Waals surface area (Å²) in [6.45, 7) is 1.86. The Morgan fingerprint density at radius 2 is 1.92 bits per heavy atom. The summed E-state index contributed by atoms with van der Waals surface area (Å²) in [6.07, 6.45) is 0. The molecule has 124 valence electrons. The van der Waals surface area contributed by atoms with Gasteiger partial charge in [-0.25, -0.2) is 4.79 Å². The summed E-state index contributed by atoms with van der Waals surface area (Å²) in [7, 11) is 1.97. The fourth-order valence-corrected chi connectivity index (χ4v) is 2.56. The molecule has 0 atom stereocenters. The molecule has 2 aromatic carbocycles. The Morgan fingerprint density at radius 1 is 1.12 bits per heavy atom. The number of fused-ring (bicyclic) bond motifs is 1. The maximum absolute atomic E-state index is 11.7. The Labute approximate surface area is 139 Å². The van der Waals surface area contributed by atoms with Gasteiger partial charge in [-0.15, -0.1) is 0 Å². The van der Waals surface area contributed by atoms with Crippen LogP contribution in [0.4, 0.5) is 0 Å². The zero-order valence-corrected chi connectivity index (χ0v) is 13.4. The number of para-hydroxylation sites is 1. The molecule has 5 nitrogen and oxygen atoms in total. The normalized spacial score (nSPS) is 11.1. The molecule has 3 aromatic rings. The van der Waals surface area contributed by atoms with E-state index in [0.717, 1.165) is 16.7 Å². The molecule has 0 aliphatic heterocycles. The summed E-state index contributed by atoms with van der Waals surface area (Å²) in [5.74, 6) is 0.916. The van der Waals surface area contributed by atoms with E-state index >= 15 is 0 Å². The minimum atomic E-state index is -0.419. The van der Waals surface area contributed by atoms with Crippen molar-refractivity contribution < 1.29 is 14.3 Å². The van der Waals surface area contributed by atoms with E-state index in [1.54, 1.807) is 12.1 Å². The number of phenolic OH excluding ortho intramolecular Hbond substituents is 1. The molecule has 0 amide bonds. The predicted octanol–water partition coefficient (Wildman–Crippen LogP) is 3.01. The monoisotopic (exact) mass is 325 g/mol. The first-order valence-corrected chi connectivity index (χ1v) is 7.74. The van der Waals surface area contributed by atoms with Crippen molar-refractivity contribution in [1.29, 1.82) is 0 Å². The van der Waals surface area contributed by atoms with E-state index in [9.17, 15) is 9.90 Å². The van der Waals surface area contributed by atoms with Crippen LogP contribution in [0.25, 0.3) is 11.0 Å². The number of nitrogens with zero attached hydrogens (tertiary/aromatic N) is 1. The van der Waals surface area contributed by atoms with E-state index in [1.165, 1.54) is 12.1 Å². The zero-order valence-electron chi connectivity index (χ0n) is 13.4. The van der Waals surface area contributed by atoms with E-state index in [2.05, 4.69) is 4.90 Å². The first-order valence-electron chi connectivity index (χ1n) is 7.74. The Balaban J connectivity index is 1.67. The van der Waals surface area contributed by atoms with Gasteiger partial charge in [-0.05, 0) is 36.9 Å². The van der Waals surface area contributed by atoms with Gasteiger partial charge >= 0.3 is 5.63 Å². The van der Waals surface area contributed by atoms with Crippen LogP contribution in [0.5, 0.6) is 11.5 Å². The van der Waals surface area contributed by atoms with Crippen molar-refractivity contribution >= 4 is 11.0 Å². The average molecular weight is 325 g/mol. The molecule has 0 unspecified atom stereocenters. The van der Waals surface area contributed by atoms with Gasteiger partial charge in [-0.3, -0.25) is 4.90 Å². The molecule has 1 aromatic heterocycles. The molecule has 24 heavy (non-hydrogen) atoms. The van der Waals surface area contributed by atoms with E-state index in [4.69, 9.17) is 9.15 Å². The summed E-state index contributed by atoms with van der Waals surface area (Å²) in [5, 5.41) is 10.4. The maximum atomic E-state index is 11.7. The van der Waals surface area contributed by atoms with Crippen LogP contribution in [0.1, 0.15) is 5.56 Å². The van der Waals surface area contributed by atoms with Crippen LogP contribution < -0.4 is 10.4 Å².